The fourth-order valence-electron chi connectivity index (χ4n) is 2.17. The maximum absolute atomic E-state index is 12.6. The van der Waals surface area contributed by atoms with Crippen molar-refractivity contribution < 1.29 is 23.1 Å². The molecule has 0 fully saturated rings. The van der Waals surface area contributed by atoms with Gasteiger partial charge in [-0.3, -0.25) is 4.79 Å². The second-order valence-electron chi connectivity index (χ2n) is 5.53. The average molecular weight is 373 g/mol. The molecular formula is C16H18F3N3O2S. The van der Waals surface area contributed by atoms with E-state index in [1.54, 1.807) is 25.6 Å². The van der Waals surface area contributed by atoms with E-state index < -0.39 is 11.7 Å². The lowest BCUT2D eigenvalue weighted by atomic mass is 10.2. The number of carbonyl (C=O) groups excluding carboxylic acids is 1. The predicted molar refractivity (Wildman–Crippen MR) is 88.8 cm³/mol. The molecule has 2 rings (SSSR count). The summed E-state index contributed by atoms with van der Waals surface area (Å²) in [7, 11) is 3.26. The summed E-state index contributed by atoms with van der Waals surface area (Å²) >= 11 is 1.14. The third-order valence-electron chi connectivity index (χ3n) is 3.50. The number of aliphatic hydroxyl groups is 1. The Balaban J connectivity index is 2.51. The SMILES string of the molecule is Cc1c(C(=O)N(C)C)s/c(=N\c2ccc(C(F)(F)F)cc2)n1CCO. The molecular weight excluding hydrogens is 355 g/mol. The summed E-state index contributed by atoms with van der Waals surface area (Å²) in [5.74, 6) is -0.192. The Morgan fingerprint density at radius 3 is 2.36 bits per heavy atom. The van der Waals surface area contributed by atoms with Gasteiger partial charge in [0.15, 0.2) is 4.80 Å². The molecule has 1 N–H and O–H groups in total. The van der Waals surface area contributed by atoms with Crippen LogP contribution >= 0.6 is 11.3 Å². The van der Waals surface area contributed by atoms with Crippen molar-refractivity contribution in [1.29, 1.82) is 0 Å². The third kappa shape index (κ3) is 4.29. The summed E-state index contributed by atoms with van der Waals surface area (Å²) in [4.78, 5) is 18.9. The van der Waals surface area contributed by atoms with Gasteiger partial charge in [0.05, 0.1) is 17.9 Å². The van der Waals surface area contributed by atoms with Crippen LogP contribution in [-0.2, 0) is 12.7 Å². The fourth-order valence-corrected chi connectivity index (χ4v) is 3.37. The Hall–Kier alpha value is -2.13. The van der Waals surface area contributed by atoms with Gasteiger partial charge in [0, 0.05) is 26.3 Å². The Morgan fingerprint density at radius 1 is 1.28 bits per heavy atom. The van der Waals surface area contributed by atoms with Crippen LogP contribution in [0.25, 0.3) is 0 Å². The highest BCUT2D eigenvalue weighted by Crippen LogP contribution is 2.30. The minimum Gasteiger partial charge on any atom is -0.395 e. The Labute approximate surface area is 146 Å². The molecule has 0 saturated heterocycles. The monoisotopic (exact) mass is 373 g/mol. The van der Waals surface area contributed by atoms with Gasteiger partial charge in [-0.2, -0.15) is 13.2 Å². The second-order valence-corrected chi connectivity index (χ2v) is 6.51. The van der Waals surface area contributed by atoms with Crippen LogP contribution < -0.4 is 4.80 Å². The number of alkyl halides is 3. The quantitative estimate of drug-likeness (QED) is 0.896. The zero-order valence-corrected chi connectivity index (χ0v) is 14.8. The molecule has 136 valence electrons. The van der Waals surface area contributed by atoms with Crippen molar-refractivity contribution in [3.63, 3.8) is 0 Å². The molecule has 2 aromatic rings. The number of hydrogen-bond acceptors (Lipinski definition) is 4. The van der Waals surface area contributed by atoms with Crippen molar-refractivity contribution in [3.05, 3.63) is 45.2 Å². The van der Waals surface area contributed by atoms with Crippen LogP contribution in [0.3, 0.4) is 0 Å². The summed E-state index contributed by atoms with van der Waals surface area (Å²) in [6.07, 6.45) is -4.40. The van der Waals surface area contributed by atoms with Crippen LogP contribution in [-0.4, -0.2) is 41.2 Å². The summed E-state index contributed by atoms with van der Waals surface area (Å²) in [6.45, 7) is 1.84. The van der Waals surface area contributed by atoms with E-state index in [0.717, 1.165) is 23.5 Å². The van der Waals surface area contributed by atoms with Gasteiger partial charge in [0.1, 0.15) is 4.88 Å². The smallest absolute Gasteiger partial charge is 0.395 e. The molecule has 25 heavy (non-hydrogen) atoms. The zero-order valence-electron chi connectivity index (χ0n) is 14.0. The van der Waals surface area contributed by atoms with Gasteiger partial charge in [-0.25, -0.2) is 4.99 Å². The Bertz CT molecular complexity index is 821. The topological polar surface area (TPSA) is 57.8 Å². The summed E-state index contributed by atoms with van der Waals surface area (Å²) in [5, 5.41) is 9.24. The highest BCUT2D eigenvalue weighted by atomic mass is 32.1. The summed E-state index contributed by atoms with van der Waals surface area (Å²) < 4.78 is 39.6. The normalized spacial score (nSPS) is 12.5. The van der Waals surface area contributed by atoms with Gasteiger partial charge in [-0.1, -0.05) is 11.3 Å². The lowest BCUT2D eigenvalue weighted by Gasteiger charge is -2.09. The summed E-state index contributed by atoms with van der Waals surface area (Å²) in [5.41, 5.74) is 0.244. The van der Waals surface area contributed by atoms with E-state index in [1.807, 2.05) is 0 Å². The number of aromatic nitrogens is 1. The molecule has 1 aromatic heterocycles. The predicted octanol–water partition coefficient (Wildman–Crippen LogP) is 2.80. The highest BCUT2D eigenvalue weighted by molar-refractivity contribution is 7.11. The molecule has 5 nitrogen and oxygen atoms in total. The van der Waals surface area contributed by atoms with E-state index in [-0.39, 0.29) is 19.1 Å². The molecule has 0 unspecified atom stereocenters. The number of hydrogen-bond donors (Lipinski definition) is 1. The van der Waals surface area contributed by atoms with Crippen molar-refractivity contribution in [2.75, 3.05) is 20.7 Å². The minimum atomic E-state index is -4.40. The van der Waals surface area contributed by atoms with Gasteiger partial charge in [-0.05, 0) is 31.2 Å². The van der Waals surface area contributed by atoms with E-state index in [4.69, 9.17) is 0 Å². The number of carbonyl (C=O) groups is 1. The lowest BCUT2D eigenvalue weighted by molar-refractivity contribution is -0.137. The second kappa shape index (κ2) is 7.40. The number of rotatable bonds is 4. The highest BCUT2D eigenvalue weighted by Gasteiger charge is 2.29. The molecule has 0 radical (unpaired) electrons. The molecule has 0 spiro atoms. The molecule has 1 amide bonds. The lowest BCUT2D eigenvalue weighted by Crippen LogP contribution is -2.22. The van der Waals surface area contributed by atoms with Crippen molar-refractivity contribution in [2.45, 2.75) is 19.6 Å². The maximum atomic E-state index is 12.6. The maximum Gasteiger partial charge on any atom is 0.416 e. The number of benzene rings is 1. The van der Waals surface area contributed by atoms with Gasteiger partial charge in [0.2, 0.25) is 0 Å². The van der Waals surface area contributed by atoms with Gasteiger partial charge in [0.25, 0.3) is 5.91 Å². The number of nitrogens with zero attached hydrogens (tertiary/aromatic N) is 3. The van der Waals surface area contributed by atoms with Crippen LogP contribution in [0.2, 0.25) is 0 Å². The fraction of sp³-hybridized carbons (Fsp3) is 0.375. The van der Waals surface area contributed by atoms with Crippen LogP contribution in [0.5, 0.6) is 0 Å². The molecule has 0 saturated carbocycles. The molecule has 0 aliphatic heterocycles. The van der Waals surface area contributed by atoms with Crippen LogP contribution in [0.15, 0.2) is 29.3 Å². The Morgan fingerprint density at radius 2 is 1.88 bits per heavy atom. The minimum absolute atomic E-state index is 0.145. The van der Waals surface area contributed by atoms with Crippen LogP contribution in [0, 0.1) is 6.92 Å². The average Bonchev–Trinajstić information content (AvgIpc) is 2.83. The molecule has 0 aliphatic rings. The van der Waals surface area contributed by atoms with E-state index in [1.165, 1.54) is 17.0 Å². The molecule has 0 bridgehead atoms. The molecule has 1 aromatic carbocycles. The molecule has 1 heterocycles. The third-order valence-corrected chi connectivity index (χ3v) is 4.67. The van der Waals surface area contributed by atoms with Crippen LogP contribution in [0.1, 0.15) is 20.9 Å². The number of amides is 1. The van der Waals surface area contributed by atoms with Crippen molar-refractivity contribution in [3.8, 4) is 0 Å². The largest absolute Gasteiger partial charge is 0.416 e. The number of thiazole rings is 1. The molecule has 0 aliphatic carbocycles. The van der Waals surface area contributed by atoms with Crippen molar-refractivity contribution in [1.82, 2.24) is 9.47 Å². The van der Waals surface area contributed by atoms with E-state index in [2.05, 4.69) is 4.99 Å². The first kappa shape index (κ1) is 19.2. The Kier molecular flexibility index (Phi) is 5.69. The van der Waals surface area contributed by atoms with Crippen molar-refractivity contribution in [2.24, 2.45) is 4.99 Å². The number of aliphatic hydroxyl groups excluding tert-OH is 1. The first-order valence-electron chi connectivity index (χ1n) is 7.40. The van der Waals surface area contributed by atoms with Crippen LogP contribution in [0.4, 0.5) is 18.9 Å². The van der Waals surface area contributed by atoms with Gasteiger partial charge in [-0.15, -0.1) is 0 Å². The van der Waals surface area contributed by atoms with Gasteiger partial charge >= 0.3 is 6.18 Å². The van der Waals surface area contributed by atoms with Crippen molar-refractivity contribution >= 4 is 22.9 Å². The molecule has 9 heteroatoms. The standard InChI is InChI=1S/C16H18F3N3O2S/c1-10-13(14(24)21(2)3)25-15(22(10)8-9-23)20-12-6-4-11(5-7-12)16(17,18)19/h4-7,23H,8-9H2,1-3H3/b20-15-. The van der Waals surface area contributed by atoms with E-state index in [0.29, 0.717) is 21.1 Å². The first-order valence-corrected chi connectivity index (χ1v) is 8.21. The van der Waals surface area contributed by atoms with Gasteiger partial charge < -0.3 is 14.6 Å². The number of halogens is 3. The summed E-state index contributed by atoms with van der Waals surface area (Å²) in [6, 6.07) is 4.46. The molecule has 0 atom stereocenters. The zero-order chi connectivity index (χ0) is 18.8. The van der Waals surface area contributed by atoms with E-state index in [9.17, 15) is 23.1 Å². The first-order chi connectivity index (χ1) is 11.6. The van der Waals surface area contributed by atoms with E-state index >= 15 is 0 Å².